The average molecular weight is 251 g/mol. The smallest absolute Gasteiger partial charge is 0.280 e. The molecule has 0 spiro atoms. The van der Waals surface area contributed by atoms with Gasteiger partial charge in [-0.2, -0.15) is 0 Å². The molecule has 1 fully saturated rings. The third kappa shape index (κ3) is 2.70. The summed E-state index contributed by atoms with van der Waals surface area (Å²) in [6, 6.07) is 0. The molecule has 7 heteroatoms. The topological polar surface area (TPSA) is 61.2 Å². The Labute approximate surface area is 92.4 Å². The zero-order chi connectivity index (χ0) is 10.9. The molecule has 0 N–H and O–H groups in total. The number of imidazole rings is 1. The van der Waals surface area contributed by atoms with Crippen LogP contribution in [0.1, 0.15) is 12.8 Å². The fourth-order valence-corrected chi connectivity index (χ4v) is 2.26. The molecule has 1 aliphatic heterocycles. The highest BCUT2D eigenvalue weighted by Gasteiger charge is 2.18. The fraction of sp³-hybridized carbons (Fsp3) is 0.625. The predicted molar refractivity (Wildman–Crippen MR) is 54.2 cm³/mol. The molecule has 84 valence electrons. The molecule has 1 unspecified atom stereocenters. The number of hydrogen-bond acceptors (Lipinski definition) is 4. The highest BCUT2D eigenvalue weighted by Crippen LogP contribution is 2.16. The number of nitrogens with zero attached hydrogens (tertiary/aromatic N) is 2. The van der Waals surface area contributed by atoms with E-state index in [2.05, 4.69) is 4.98 Å². The van der Waals surface area contributed by atoms with Crippen LogP contribution in [0.15, 0.2) is 17.6 Å². The molecule has 1 atom stereocenters. The fourth-order valence-electron chi connectivity index (χ4n) is 1.59. The van der Waals surface area contributed by atoms with E-state index < -0.39 is 9.05 Å². The van der Waals surface area contributed by atoms with E-state index in [-0.39, 0.29) is 11.1 Å². The average Bonchev–Trinajstić information content (AvgIpc) is 2.73. The van der Waals surface area contributed by atoms with Gasteiger partial charge < -0.3 is 9.30 Å². The maximum Gasteiger partial charge on any atom is 0.280 e. The van der Waals surface area contributed by atoms with Crippen LogP contribution in [0.25, 0.3) is 0 Å². The van der Waals surface area contributed by atoms with Crippen LogP contribution in [0.3, 0.4) is 0 Å². The first-order chi connectivity index (χ1) is 7.05. The number of aromatic nitrogens is 2. The monoisotopic (exact) mass is 250 g/mol. The second kappa shape index (κ2) is 4.11. The summed E-state index contributed by atoms with van der Waals surface area (Å²) in [5, 5.41) is -0.109. The third-order valence-electron chi connectivity index (χ3n) is 2.30. The van der Waals surface area contributed by atoms with Gasteiger partial charge in [0.2, 0.25) is 0 Å². The lowest BCUT2D eigenvalue weighted by molar-refractivity contribution is 0.0969. The minimum absolute atomic E-state index is 0.109. The first-order valence-corrected chi connectivity index (χ1v) is 6.95. The summed E-state index contributed by atoms with van der Waals surface area (Å²) >= 11 is 0. The number of hydrogen-bond donors (Lipinski definition) is 0. The van der Waals surface area contributed by atoms with Crippen LogP contribution in [0, 0.1) is 0 Å². The second-order valence-electron chi connectivity index (χ2n) is 3.48. The largest absolute Gasteiger partial charge is 0.376 e. The van der Waals surface area contributed by atoms with Crippen LogP contribution in [0.4, 0.5) is 0 Å². The zero-order valence-corrected chi connectivity index (χ0v) is 9.54. The molecule has 0 bridgehead atoms. The molecule has 0 amide bonds. The van der Waals surface area contributed by atoms with Crippen LogP contribution in [-0.4, -0.2) is 30.7 Å². The van der Waals surface area contributed by atoms with Crippen LogP contribution in [0.2, 0.25) is 0 Å². The van der Waals surface area contributed by atoms with Crippen LogP contribution >= 0.6 is 10.7 Å². The van der Waals surface area contributed by atoms with Crippen LogP contribution in [0.5, 0.6) is 0 Å². The Kier molecular flexibility index (Phi) is 2.99. The molecule has 15 heavy (non-hydrogen) atoms. The van der Waals surface area contributed by atoms with E-state index in [1.807, 2.05) is 0 Å². The first kappa shape index (κ1) is 10.9. The lowest BCUT2D eigenvalue weighted by Crippen LogP contribution is -2.13. The van der Waals surface area contributed by atoms with Crippen molar-refractivity contribution in [2.24, 2.45) is 0 Å². The molecule has 0 saturated carbocycles. The van der Waals surface area contributed by atoms with E-state index in [0.717, 1.165) is 19.4 Å². The molecular formula is C8H11ClN2O3S. The first-order valence-electron chi connectivity index (χ1n) is 4.64. The lowest BCUT2D eigenvalue weighted by atomic mass is 10.2. The Morgan fingerprint density at radius 3 is 3.00 bits per heavy atom. The maximum absolute atomic E-state index is 10.9. The van der Waals surface area contributed by atoms with Gasteiger partial charge in [-0.3, -0.25) is 0 Å². The highest BCUT2D eigenvalue weighted by atomic mass is 35.7. The van der Waals surface area contributed by atoms with Gasteiger partial charge in [-0.15, -0.1) is 0 Å². The van der Waals surface area contributed by atoms with Crippen molar-refractivity contribution in [3.05, 3.63) is 12.5 Å². The van der Waals surface area contributed by atoms with E-state index in [1.165, 1.54) is 12.5 Å². The predicted octanol–water partition coefficient (Wildman–Crippen LogP) is 0.990. The quantitative estimate of drug-likeness (QED) is 0.751. The normalized spacial score (nSPS) is 22.1. The number of ether oxygens (including phenoxy) is 1. The van der Waals surface area contributed by atoms with Crippen molar-refractivity contribution in [3.63, 3.8) is 0 Å². The van der Waals surface area contributed by atoms with Crippen molar-refractivity contribution in [2.45, 2.75) is 30.5 Å². The maximum atomic E-state index is 10.9. The molecule has 1 aromatic heterocycles. The second-order valence-corrected chi connectivity index (χ2v) is 5.99. The summed E-state index contributed by atoms with van der Waals surface area (Å²) in [6.07, 6.45) is 5.09. The van der Waals surface area contributed by atoms with E-state index in [4.69, 9.17) is 15.4 Å². The Bertz CT molecular complexity index is 436. The van der Waals surface area contributed by atoms with Crippen molar-refractivity contribution < 1.29 is 13.2 Å². The van der Waals surface area contributed by atoms with Gasteiger partial charge in [-0.25, -0.2) is 13.4 Å². The summed E-state index contributed by atoms with van der Waals surface area (Å²) < 4.78 is 29.0. The van der Waals surface area contributed by atoms with Crippen molar-refractivity contribution in [3.8, 4) is 0 Å². The van der Waals surface area contributed by atoms with Crippen molar-refractivity contribution in [1.82, 2.24) is 9.55 Å². The van der Waals surface area contributed by atoms with Crippen molar-refractivity contribution >= 4 is 19.7 Å². The Balaban J connectivity index is 2.07. The lowest BCUT2D eigenvalue weighted by Gasteiger charge is -2.08. The number of rotatable bonds is 3. The summed E-state index contributed by atoms with van der Waals surface area (Å²) in [5.41, 5.74) is 0. The molecular weight excluding hydrogens is 240 g/mol. The molecule has 1 aromatic rings. The van der Waals surface area contributed by atoms with Crippen LogP contribution in [-0.2, 0) is 20.3 Å². The van der Waals surface area contributed by atoms with Gasteiger partial charge in [0, 0.05) is 30.0 Å². The molecule has 1 saturated heterocycles. The van der Waals surface area contributed by atoms with Gasteiger partial charge in [0.1, 0.15) is 0 Å². The molecule has 1 aliphatic rings. The summed E-state index contributed by atoms with van der Waals surface area (Å²) in [4.78, 5) is 3.72. The van der Waals surface area contributed by atoms with Gasteiger partial charge in [-0.05, 0) is 12.8 Å². The highest BCUT2D eigenvalue weighted by molar-refractivity contribution is 8.13. The molecule has 0 radical (unpaired) electrons. The minimum Gasteiger partial charge on any atom is -0.376 e. The Hall–Kier alpha value is -0.590. The molecule has 2 heterocycles. The van der Waals surface area contributed by atoms with E-state index in [1.54, 1.807) is 4.57 Å². The van der Waals surface area contributed by atoms with Crippen molar-refractivity contribution in [1.29, 1.82) is 0 Å². The van der Waals surface area contributed by atoms with Gasteiger partial charge >= 0.3 is 0 Å². The van der Waals surface area contributed by atoms with E-state index in [9.17, 15) is 8.42 Å². The van der Waals surface area contributed by atoms with Gasteiger partial charge in [0.15, 0.2) is 5.03 Å². The molecule has 5 nitrogen and oxygen atoms in total. The van der Waals surface area contributed by atoms with Gasteiger partial charge in [-0.1, -0.05) is 0 Å². The summed E-state index contributed by atoms with van der Waals surface area (Å²) in [5.74, 6) is 0. The summed E-state index contributed by atoms with van der Waals surface area (Å²) in [6.45, 7) is 1.40. The third-order valence-corrected chi connectivity index (χ3v) is 3.48. The van der Waals surface area contributed by atoms with E-state index in [0.29, 0.717) is 6.54 Å². The van der Waals surface area contributed by atoms with E-state index >= 15 is 0 Å². The van der Waals surface area contributed by atoms with Gasteiger partial charge in [0.05, 0.1) is 12.4 Å². The molecule has 0 aliphatic carbocycles. The summed E-state index contributed by atoms with van der Waals surface area (Å²) in [7, 11) is 1.44. The van der Waals surface area contributed by atoms with Crippen molar-refractivity contribution in [2.75, 3.05) is 6.61 Å². The van der Waals surface area contributed by atoms with Crippen LogP contribution < -0.4 is 0 Å². The molecule has 0 aromatic carbocycles. The number of halogens is 1. The Morgan fingerprint density at radius 1 is 1.67 bits per heavy atom. The molecule has 2 rings (SSSR count). The Morgan fingerprint density at radius 2 is 2.47 bits per heavy atom. The zero-order valence-electron chi connectivity index (χ0n) is 7.97. The SMILES string of the molecule is O=S(=O)(Cl)c1cn(CC2CCCO2)cn1. The standard InChI is InChI=1S/C8H11ClN2O3S/c9-15(12,13)8-5-11(6-10-8)4-7-2-1-3-14-7/h5-7H,1-4H2. The minimum atomic E-state index is -3.72. The van der Waals surface area contributed by atoms with Gasteiger partial charge in [0.25, 0.3) is 9.05 Å².